The van der Waals surface area contributed by atoms with Gasteiger partial charge in [0.25, 0.3) is 5.91 Å². The lowest BCUT2D eigenvalue weighted by Crippen LogP contribution is -2.40. The number of benzene rings is 1. The summed E-state index contributed by atoms with van der Waals surface area (Å²) in [4.78, 5) is 25.2. The third-order valence-electron chi connectivity index (χ3n) is 4.09. The van der Waals surface area contributed by atoms with Gasteiger partial charge in [-0.2, -0.15) is 0 Å². The fraction of sp³-hybridized carbons (Fsp3) is 0.294. The minimum atomic E-state index is -1.08. The van der Waals surface area contributed by atoms with E-state index in [0.29, 0.717) is 11.3 Å². The molecule has 6 nitrogen and oxygen atoms in total. The zero-order chi connectivity index (χ0) is 17.3. The molecule has 7 heteroatoms. The Hall–Kier alpha value is -2.67. The van der Waals surface area contributed by atoms with Gasteiger partial charge in [0.05, 0.1) is 6.10 Å². The van der Waals surface area contributed by atoms with E-state index >= 15 is 0 Å². The van der Waals surface area contributed by atoms with Gasteiger partial charge in [-0.05, 0) is 36.4 Å². The molecule has 1 aromatic heterocycles. The van der Waals surface area contributed by atoms with Gasteiger partial charge in [0.1, 0.15) is 17.6 Å². The number of ether oxygens (including phenoxy) is 1. The maximum absolute atomic E-state index is 13.0. The van der Waals surface area contributed by atoms with Crippen LogP contribution in [0, 0.1) is 5.82 Å². The number of carbonyl (C=O) groups is 2. The molecular formula is C17H16FNO5. The number of amides is 1. The Labute approximate surface area is 137 Å². The van der Waals surface area contributed by atoms with Crippen LogP contribution in [-0.2, 0) is 9.53 Å². The van der Waals surface area contributed by atoms with Gasteiger partial charge in [-0.25, -0.2) is 9.18 Å². The molecule has 1 aliphatic rings. The van der Waals surface area contributed by atoms with Crippen LogP contribution in [0.2, 0.25) is 0 Å². The third-order valence-corrected chi connectivity index (χ3v) is 4.09. The van der Waals surface area contributed by atoms with E-state index in [0.717, 1.165) is 0 Å². The van der Waals surface area contributed by atoms with Crippen LogP contribution >= 0.6 is 0 Å². The summed E-state index contributed by atoms with van der Waals surface area (Å²) in [5, 5.41) is 9.29. The second-order valence-corrected chi connectivity index (χ2v) is 5.58. The molecule has 2 atom stereocenters. The summed E-state index contributed by atoms with van der Waals surface area (Å²) >= 11 is 0. The lowest BCUT2D eigenvalue weighted by molar-refractivity contribution is -0.141. The molecule has 0 saturated carbocycles. The van der Waals surface area contributed by atoms with Crippen LogP contribution in [0.1, 0.15) is 17.0 Å². The molecule has 1 aromatic carbocycles. The lowest BCUT2D eigenvalue weighted by atomic mass is 10.2. The number of hydrogen-bond acceptors (Lipinski definition) is 4. The highest BCUT2D eigenvalue weighted by atomic mass is 19.1. The first-order chi connectivity index (χ1) is 11.5. The number of carboxylic acids is 1. The van der Waals surface area contributed by atoms with E-state index in [1.165, 1.54) is 30.2 Å². The van der Waals surface area contributed by atoms with Crippen molar-refractivity contribution < 1.29 is 28.2 Å². The summed E-state index contributed by atoms with van der Waals surface area (Å²) in [6.45, 7) is 0.193. The molecule has 2 aromatic rings. The number of hydrogen-bond donors (Lipinski definition) is 1. The molecule has 0 aliphatic carbocycles. The average Bonchev–Trinajstić information content (AvgIpc) is 3.22. The van der Waals surface area contributed by atoms with Crippen LogP contribution < -0.4 is 0 Å². The second kappa shape index (κ2) is 6.45. The molecule has 24 heavy (non-hydrogen) atoms. The number of rotatable bonds is 4. The number of likely N-dealkylation sites (tertiary alicyclic amines) is 1. The number of carboxylic acid groups (broad SMARTS) is 1. The Morgan fingerprint density at radius 2 is 1.96 bits per heavy atom. The molecule has 1 aliphatic heterocycles. The first-order valence-electron chi connectivity index (χ1n) is 7.42. The maximum atomic E-state index is 13.0. The van der Waals surface area contributed by atoms with Crippen LogP contribution in [-0.4, -0.2) is 47.7 Å². The average molecular weight is 333 g/mol. The first-order valence-corrected chi connectivity index (χ1v) is 7.42. The van der Waals surface area contributed by atoms with Gasteiger partial charge in [0.2, 0.25) is 0 Å². The minimum absolute atomic E-state index is 0.0392. The molecule has 0 radical (unpaired) electrons. The molecule has 126 valence electrons. The number of aliphatic carboxylic acids is 1. The SMILES string of the molecule is COC1CC(C(=O)O)N(C(=O)c2ccc(-c3ccc(F)cc3)o2)C1. The highest BCUT2D eigenvalue weighted by Gasteiger charge is 2.41. The van der Waals surface area contributed by atoms with Crippen molar-refractivity contribution in [2.24, 2.45) is 0 Å². The van der Waals surface area contributed by atoms with Crippen molar-refractivity contribution in [3.63, 3.8) is 0 Å². The van der Waals surface area contributed by atoms with E-state index in [1.54, 1.807) is 18.2 Å². The van der Waals surface area contributed by atoms with Crippen molar-refractivity contribution in [1.82, 2.24) is 4.90 Å². The van der Waals surface area contributed by atoms with E-state index in [-0.39, 0.29) is 30.6 Å². The van der Waals surface area contributed by atoms with Crippen molar-refractivity contribution >= 4 is 11.9 Å². The van der Waals surface area contributed by atoms with Gasteiger partial charge >= 0.3 is 5.97 Å². The van der Waals surface area contributed by atoms with E-state index in [2.05, 4.69) is 0 Å². The quantitative estimate of drug-likeness (QED) is 0.929. The minimum Gasteiger partial charge on any atom is -0.480 e. The number of nitrogens with zero attached hydrogens (tertiary/aromatic N) is 1. The molecule has 2 unspecified atom stereocenters. The lowest BCUT2D eigenvalue weighted by Gasteiger charge is -2.19. The predicted octanol–water partition coefficient (Wildman–Crippen LogP) is 2.40. The van der Waals surface area contributed by atoms with Crippen LogP contribution in [0.15, 0.2) is 40.8 Å². The molecular weight excluding hydrogens is 317 g/mol. The molecule has 0 spiro atoms. The molecule has 1 fully saturated rings. The van der Waals surface area contributed by atoms with Crippen molar-refractivity contribution in [2.45, 2.75) is 18.6 Å². The standard InChI is InChI=1S/C17H16FNO5/c1-23-12-8-13(17(21)22)19(9-12)16(20)15-7-6-14(24-15)10-2-4-11(18)5-3-10/h2-7,12-13H,8-9H2,1H3,(H,21,22). The van der Waals surface area contributed by atoms with Crippen LogP contribution in [0.3, 0.4) is 0 Å². The zero-order valence-electron chi connectivity index (χ0n) is 12.9. The van der Waals surface area contributed by atoms with Crippen LogP contribution in [0.5, 0.6) is 0 Å². The topological polar surface area (TPSA) is 80.0 Å². The van der Waals surface area contributed by atoms with E-state index in [1.807, 2.05) is 0 Å². The van der Waals surface area contributed by atoms with Gasteiger partial charge in [-0.3, -0.25) is 4.79 Å². The van der Waals surface area contributed by atoms with Gasteiger partial charge < -0.3 is 19.2 Å². The van der Waals surface area contributed by atoms with Gasteiger partial charge in [0.15, 0.2) is 5.76 Å². The van der Waals surface area contributed by atoms with Crippen LogP contribution in [0.25, 0.3) is 11.3 Å². The van der Waals surface area contributed by atoms with Crippen LogP contribution in [0.4, 0.5) is 4.39 Å². The highest BCUT2D eigenvalue weighted by molar-refractivity contribution is 5.95. The predicted molar refractivity (Wildman–Crippen MR) is 82.0 cm³/mol. The summed E-state index contributed by atoms with van der Waals surface area (Å²) in [6.07, 6.45) is -0.0788. The smallest absolute Gasteiger partial charge is 0.326 e. The number of carbonyl (C=O) groups excluding carboxylic acids is 1. The normalized spacial score (nSPS) is 20.3. The Balaban J connectivity index is 1.82. The van der Waals surface area contributed by atoms with Crippen molar-refractivity contribution in [1.29, 1.82) is 0 Å². The largest absolute Gasteiger partial charge is 0.480 e. The summed E-state index contributed by atoms with van der Waals surface area (Å²) in [6, 6.07) is 7.81. The number of halogens is 1. The Morgan fingerprint density at radius 3 is 2.58 bits per heavy atom. The summed E-state index contributed by atoms with van der Waals surface area (Å²) in [5.74, 6) is -1.50. The van der Waals surface area contributed by atoms with Crippen molar-refractivity contribution in [3.8, 4) is 11.3 Å². The maximum Gasteiger partial charge on any atom is 0.326 e. The van der Waals surface area contributed by atoms with Gasteiger partial charge in [-0.1, -0.05) is 0 Å². The highest BCUT2D eigenvalue weighted by Crippen LogP contribution is 2.26. The Bertz CT molecular complexity index is 755. The fourth-order valence-electron chi connectivity index (χ4n) is 2.79. The molecule has 1 N–H and O–H groups in total. The number of furan rings is 1. The molecule has 3 rings (SSSR count). The number of methoxy groups -OCH3 is 1. The Morgan fingerprint density at radius 1 is 1.25 bits per heavy atom. The van der Waals surface area contributed by atoms with E-state index in [9.17, 15) is 19.1 Å². The van der Waals surface area contributed by atoms with E-state index < -0.39 is 17.9 Å². The molecule has 2 heterocycles. The van der Waals surface area contributed by atoms with Gasteiger partial charge in [0, 0.05) is 25.6 Å². The van der Waals surface area contributed by atoms with Crippen molar-refractivity contribution in [2.75, 3.05) is 13.7 Å². The monoisotopic (exact) mass is 333 g/mol. The Kier molecular flexibility index (Phi) is 4.35. The fourth-order valence-corrected chi connectivity index (χ4v) is 2.79. The third kappa shape index (κ3) is 3.03. The molecule has 1 amide bonds. The van der Waals surface area contributed by atoms with Crippen molar-refractivity contribution in [3.05, 3.63) is 48.0 Å². The first kappa shape index (κ1) is 16.2. The molecule has 0 bridgehead atoms. The zero-order valence-corrected chi connectivity index (χ0v) is 12.9. The summed E-state index contributed by atoms with van der Waals surface area (Å²) in [5.41, 5.74) is 0.626. The summed E-state index contributed by atoms with van der Waals surface area (Å²) < 4.78 is 23.7. The van der Waals surface area contributed by atoms with Gasteiger partial charge in [-0.15, -0.1) is 0 Å². The summed E-state index contributed by atoms with van der Waals surface area (Å²) in [7, 11) is 1.48. The second-order valence-electron chi connectivity index (χ2n) is 5.58. The molecule has 1 saturated heterocycles. The van der Waals surface area contributed by atoms with E-state index in [4.69, 9.17) is 9.15 Å².